The molecule has 0 saturated heterocycles. The van der Waals surface area contributed by atoms with E-state index < -0.39 is 12.1 Å². The molecule has 0 radical (unpaired) electrons. The number of aliphatic hydroxyl groups is 1. The van der Waals surface area contributed by atoms with Crippen LogP contribution in [0.1, 0.15) is 26.5 Å². The van der Waals surface area contributed by atoms with Gasteiger partial charge in [-0.2, -0.15) is 0 Å². The summed E-state index contributed by atoms with van der Waals surface area (Å²) in [6, 6.07) is 14.0. The predicted octanol–water partition coefficient (Wildman–Crippen LogP) is 3.67. The number of para-hydroxylation sites is 1. The normalized spacial score (nSPS) is 11.8. The Labute approximate surface area is 159 Å². The summed E-state index contributed by atoms with van der Waals surface area (Å²) < 4.78 is 5.11. The average Bonchev–Trinajstić information content (AvgIpc) is 2.64. The predicted molar refractivity (Wildman–Crippen MR) is 104 cm³/mol. The first-order valence-corrected chi connectivity index (χ1v) is 8.63. The van der Waals surface area contributed by atoms with E-state index in [1.165, 1.54) is 17.2 Å². The molecule has 1 heterocycles. The Balaban J connectivity index is 2.25. The molecule has 2 rings (SSSR count). The summed E-state index contributed by atoms with van der Waals surface area (Å²) in [5.74, 6) is -0.859. The van der Waals surface area contributed by atoms with Gasteiger partial charge in [-0.05, 0) is 35.8 Å². The van der Waals surface area contributed by atoms with Gasteiger partial charge in [-0.3, -0.25) is 9.88 Å². The minimum atomic E-state index is -0.859. The molecule has 0 unspecified atom stereocenters. The zero-order valence-corrected chi connectivity index (χ0v) is 15.8. The first-order chi connectivity index (χ1) is 12.8. The van der Waals surface area contributed by atoms with Gasteiger partial charge in [-0.25, -0.2) is 9.59 Å². The lowest BCUT2D eigenvalue weighted by molar-refractivity contribution is -0.130. The fraction of sp³-hybridized carbons (Fsp3) is 0.286. The van der Waals surface area contributed by atoms with Gasteiger partial charge in [0.15, 0.2) is 0 Å². The van der Waals surface area contributed by atoms with Crippen molar-refractivity contribution in [3.05, 3.63) is 66.5 Å². The number of carbonyl (C=O) groups excluding carboxylic acids is 2. The monoisotopic (exact) mass is 368 g/mol. The van der Waals surface area contributed by atoms with Crippen molar-refractivity contribution in [1.82, 2.24) is 4.98 Å². The van der Waals surface area contributed by atoms with Crippen LogP contribution in [0.2, 0.25) is 0 Å². The minimum absolute atomic E-state index is 0.0372. The van der Waals surface area contributed by atoms with Crippen LogP contribution in [0.25, 0.3) is 5.57 Å². The number of pyridine rings is 1. The molecule has 0 saturated carbocycles. The Kier molecular flexibility index (Phi) is 6.85. The van der Waals surface area contributed by atoms with Crippen LogP contribution in [0.15, 0.2) is 60.8 Å². The zero-order valence-electron chi connectivity index (χ0n) is 15.8. The standard InChI is InChI=1S/C21H24N2O4/c1-21(2,3)15-23(16-9-5-4-6-10-16)20(26)27-19(25)17(12-14-24)18-11-7-8-13-22-18/h4-13,24H,14-15H2,1-3H3. The van der Waals surface area contributed by atoms with Crippen molar-refractivity contribution in [2.24, 2.45) is 5.41 Å². The quantitative estimate of drug-likeness (QED) is 0.495. The van der Waals surface area contributed by atoms with E-state index in [1.54, 1.807) is 30.3 Å². The van der Waals surface area contributed by atoms with Crippen LogP contribution in [-0.2, 0) is 9.53 Å². The average molecular weight is 368 g/mol. The highest BCUT2D eigenvalue weighted by atomic mass is 16.6. The minimum Gasteiger partial charge on any atom is -0.392 e. The van der Waals surface area contributed by atoms with Crippen molar-refractivity contribution < 1.29 is 19.4 Å². The van der Waals surface area contributed by atoms with E-state index in [1.807, 2.05) is 39.0 Å². The highest BCUT2D eigenvalue weighted by Gasteiger charge is 2.27. The number of aromatic nitrogens is 1. The van der Waals surface area contributed by atoms with Crippen LogP contribution in [0.3, 0.4) is 0 Å². The lowest BCUT2D eigenvalue weighted by Gasteiger charge is -2.29. The van der Waals surface area contributed by atoms with Gasteiger partial charge in [0.1, 0.15) is 0 Å². The second kappa shape index (κ2) is 9.09. The van der Waals surface area contributed by atoms with Gasteiger partial charge in [0.25, 0.3) is 0 Å². The summed E-state index contributed by atoms with van der Waals surface area (Å²) in [4.78, 5) is 30.8. The highest BCUT2D eigenvalue weighted by Crippen LogP contribution is 2.23. The summed E-state index contributed by atoms with van der Waals surface area (Å²) in [5.41, 5.74) is 0.792. The molecule has 1 aromatic heterocycles. The van der Waals surface area contributed by atoms with E-state index in [0.717, 1.165) is 0 Å². The van der Waals surface area contributed by atoms with Crippen LogP contribution < -0.4 is 4.90 Å². The number of ether oxygens (including phenoxy) is 1. The van der Waals surface area contributed by atoms with Crippen LogP contribution in [-0.4, -0.2) is 35.3 Å². The number of aliphatic hydroxyl groups excluding tert-OH is 1. The van der Waals surface area contributed by atoms with Gasteiger partial charge in [0, 0.05) is 18.4 Å². The van der Waals surface area contributed by atoms with E-state index in [-0.39, 0.29) is 17.6 Å². The summed E-state index contributed by atoms with van der Waals surface area (Å²) >= 11 is 0. The Morgan fingerprint density at radius 3 is 2.33 bits per heavy atom. The second-order valence-corrected chi connectivity index (χ2v) is 7.15. The Morgan fingerprint density at radius 1 is 1.11 bits per heavy atom. The molecule has 0 aliphatic rings. The fourth-order valence-corrected chi connectivity index (χ4v) is 2.44. The van der Waals surface area contributed by atoms with Gasteiger partial charge < -0.3 is 9.84 Å². The lowest BCUT2D eigenvalue weighted by atomic mass is 9.96. The van der Waals surface area contributed by atoms with Gasteiger partial charge in [-0.15, -0.1) is 0 Å². The molecule has 0 aliphatic carbocycles. The molecule has 6 heteroatoms. The summed E-state index contributed by atoms with van der Waals surface area (Å²) in [6.07, 6.45) is 2.01. The molecule has 142 valence electrons. The second-order valence-electron chi connectivity index (χ2n) is 7.15. The molecular weight excluding hydrogens is 344 g/mol. The number of anilines is 1. The molecule has 6 nitrogen and oxygen atoms in total. The molecule has 1 amide bonds. The van der Waals surface area contributed by atoms with Crippen molar-refractivity contribution in [3.63, 3.8) is 0 Å². The first-order valence-electron chi connectivity index (χ1n) is 8.63. The third-order valence-electron chi connectivity index (χ3n) is 3.56. The summed E-state index contributed by atoms with van der Waals surface area (Å²) in [7, 11) is 0. The number of hydrogen-bond donors (Lipinski definition) is 1. The van der Waals surface area contributed by atoms with Crippen LogP contribution in [0, 0.1) is 5.41 Å². The number of nitrogens with zero attached hydrogens (tertiary/aromatic N) is 2. The lowest BCUT2D eigenvalue weighted by Crippen LogP contribution is -2.39. The van der Waals surface area contributed by atoms with E-state index in [4.69, 9.17) is 4.74 Å². The molecule has 0 bridgehead atoms. The topological polar surface area (TPSA) is 79.7 Å². The molecule has 1 aromatic carbocycles. The van der Waals surface area contributed by atoms with E-state index in [2.05, 4.69) is 4.98 Å². The van der Waals surface area contributed by atoms with Gasteiger partial charge >= 0.3 is 12.1 Å². The van der Waals surface area contributed by atoms with Crippen LogP contribution >= 0.6 is 0 Å². The van der Waals surface area contributed by atoms with Crippen molar-refractivity contribution in [3.8, 4) is 0 Å². The van der Waals surface area contributed by atoms with E-state index in [0.29, 0.717) is 17.9 Å². The van der Waals surface area contributed by atoms with Crippen molar-refractivity contribution in [2.45, 2.75) is 20.8 Å². The Morgan fingerprint density at radius 2 is 1.78 bits per heavy atom. The summed E-state index contributed by atoms with van der Waals surface area (Å²) in [6.45, 7) is 5.96. The largest absolute Gasteiger partial charge is 0.422 e. The zero-order chi connectivity index (χ0) is 19.9. The molecule has 0 aliphatic heterocycles. The molecular formula is C21H24N2O4. The van der Waals surface area contributed by atoms with Crippen LogP contribution in [0.5, 0.6) is 0 Å². The van der Waals surface area contributed by atoms with E-state index in [9.17, 15) is 14.7 Å². The molecule has 0 fully saturated rings. The Bertz CT molecular complexity index is 796. The molecule has 1 N–H and O–H groups in total. The molecule has 0 atom stereocenters. The van der Waals surface area contributed by atoms with Crippen molar-refractivity contribution in [1.29, 1.82) is 0 Å². The van der Waals surface area contributed by atoms with Gasteiger partial charge in [0.2, 0.25) is 0 Å². The maximum absolute atomic E-state index is 12.7. The highest BCUT2D eigenvalue weighted by molar-refractivity contribution is 6.19. The van der Waals surface area contributed by atoms with E-state index >= 15 is 0 Å². The number of benzene rings is 1. The van der Waals surface area contributed by atoms with Crippen molar-refractivity contribution in [2.75, 3.05) is 18.1 Å². The Hall–Kier alpha value is -2.99. The molecule has 27 heavy (non-hydrogen) atoms. The third kappa shape index (κ3) is 6.04. The van der Waals surface area contributed by atoms with Gasteiger partial charge in [0.05, 0.1) is 17.9 Å². The molecule has 0 spiro atoms. The maximum atomic E-state index is 12.7. The van der Waals surface area contributed by atoms with Crippen LogP contribution in [0.4, 0.5) is 10.5 Å². The summed E-state index contributed by atoms with van der Waals surface area (Å²) in [5, 5.41) is 9.21. The smallest absolute Gasteiger partial charge is 0.392 e. The molecule has 2 aromatic rings. The number of amides is 1. The number of rotatable bonds is 5. The number of hydrogen-bond acceptors (Lipinski definition) is 5. The first kappa shape index (κ1) is 20.3. The maximum Gasteiger partial charge on any atom is 0.422 e. The number of carbonyl (C=O) groups is 2. The van der Waals surface area contributed by atoms with Gasteiger partial charge in [-0.1, -0.05) is 45.0 Å². The number of esters is 1. The third-order valence-corrected chi connectivity index (χ3v) is 3.56. The van der Waals surface area contributed by atoms with Crippen molar-refractivity contribution >= 4 is 23.3 Å². The fourth-order valence-electron chi connectivity index (χ4n) is 2.44. The SMILES string of the molecule is CC(C)(C)CN(C(=O)OC(=O)C(=CCO)c1ccccn1)c1ccccc1.